The van der Waals surface area contributed by atoms with E-state index in [2.05, 4.69) is 19.9 Å². The van der Waals surface area contributed by atoms with Crippen LogP contribution in [0.2, 0.25) is 0 Å². The highest BCUT2D eigenvalue weighted by Gasteiger charge is 2.63. The fourth-order valence-electron chi connectivity index (χ4n) is 15.2. The molecule has 0 spiro atoms. The Morgan fingerprint density at radius 2 is 1.10 bits per heavy atom. The van der Waals surface area contributed by atoms with Crippen molar-refractivity contribution in [3.8, 4) is 0 Å². The lowest BCUT2D eigenvalue weighted by Gasteiger charge is -2.60. The summed E-state index contributed by atoms with van der Waals surface area (Å²) in [6.45, 7) is 10.2. The van der Waals surface area contributed by atoms with Crippen LogP contribution in [0.3, 0.4) is 0 Å². The molecule has 8 aliphatic rings. The molecule has 30 atom stereocenters. The molecular weight excluding hydrogens is 1140 g/mol. The Morgan fingerprint density at radius 3 is 1.67 bits per heavy atom. The van der Waals surface area contributed by atoms with Crippen LogP contribution in [0.5, 0.6) is 0 Å². The Balaban J connectivity index is 0.964. The third kappa shape index (κ3) is 13.8. The summed E-state index contributed by atoms with van der Waals surface area (Å²) in [5.41, 5.74) is 0.700. The van der Waals surface area contributed by atoms with E-state index in [9.17, 15) is 85.6 Å². The largest absolute Gasteiger partial charge is 0.463 e. The highest BCUT2D eigenvalue weighted by Crippen LogP contribution is 2.67. The molecule has 4 aliphatic heterocycles. The van der Waals surface area contributed by atoms with E-state index in [-0.39, 0.29) is 53.4 Å². The van der Waals surface area contributed by atoms with E-state index in [1.165, 1.54) is 13.8 Å². The summed E-state index contributed by atoms with van der Waals surface area (Å²) in [4.78, 5) is 51.1. The molecule has 8 rings (SSSR count). The minimum Gasteiger partial charge on any atom is -0.463 e. The Bertz CT molecular complexity index is 2420. The molecule has 13 N–H and O–H groups in total. The topological polar surface area (TPSA) is 433 Å². The van der Waals surface area contributed by atoms with Gasteiger partial charge in [-0.15, -0.1) is 0 Å². The van der Waals surface area contributed by atoms with Gasteiger partial charge < -0.3 is 118 Å². The first-order valence-electron chi connectivity index (χ1n) is 29.8. The second-order valence-electron chi connectivity index (χ2n) is 25.3. The normalized spacial score (nSPS) is 46.0. The first-order valence-corrected chi connectivity index (χ1v) is 29.8. The number of allylic oxidation sites excluding steroid dienone is 1. The fourth-order valence-corrected chi connectivity index (χ4v) is 15.2. The van der Waals surface area contributed by atoms with Crippen molar-refractivity contribution in [2.45, 2.75) is 248 Å². The molecule has 0 radical (unpaired) electrons. The van der Waals surface area contributed by atoms with Crippen LogP contribution in [-0.2, 0) is 71.3 Å². The van der Waals surface area contributed by atoms with Crippen molar-refractivity contribution in [2.24, 2.45) is 40.4 Å². The molecule has 7 fully saturated rings. The Morgan fingerprint density at radius 1 is 0.593 bits per heavy atom. The molecule has 28 heteroatoms. The van der Waals surface area contributed by atoms with Gasteiger partial charge in [-0.1, -0.05) is 38.0 Å². The zero-order chi connectivity index (χ0) is 63.2. The first kappa shape index (κ1) is 68.5. The molecule has 28 nitrogen and oxygen atoms in total. The van der Waals surface area contributed by atoms with Gasteiger partial charge in [0.05, 0.1) is 25.4 Å². The van der Waals surface area contributed by atoms with Crippen LogP contribution >= 0.6 is 0 Å². The van der Waals surface area contributed by atoms with Gasteiger partial charge in [0.15, 0.2) is 25.0 Å². The van der Waals surface area contributed by atoms with Crippen LogP contribution < -0.4 is 0 Å². The number of carbonyl (C=O) groups excluding carboxylic acids is 4. The van der Waals surface area contributed by atoms with Gasteiger partial charge >= 0.3 is 23.9 Å². The van der Waals surface area contributed by atoms with Gasteiger partial charge in [-0.05, 0) is 87.4 Å². The van der Waals surface area contributed by atoms with Gasteiger partial charge in [-0.3, -0.25) is 14.4 Å². The van der Waals surface area contributed by atoms with Gasteiger partial charge in [0.2, 0.25) is 6.29 Å². The smallest absolute Gasteiger partial charge is 0.336 e. The standard InChI is InChI=1S/C58H90O28/c1-22(15-34(78-27(6)63)24(3)31-11-12-32-30-10-9-28-16-29(79-53-47(72)43(68)40(65)35(18-59)80-53)17-39(64)58(28,8)33(30)13-14-57(31,32)7)23(2)52(75)86-56-51(45(70)42(67)37(82-56)20-76-25(4)61)85-55-49(74)46(71)50(38(83-55)21-77-26(5)62)84-54-48(73)44(69)41(66)36(19-60)81-54/h9,24,29-51,53-56,59-60,64-74H,10-21H2,1-8H3/b23-22-. The van der Waals surface area contributed by atoms with Crippen molar-refractivity contribution in [1.29, 1.82) is 0 Å². The lowest BCUT2D eigenvalue weighted by Crippen LogP contribution is -2.66. The summed E-state index contributed by atoms with van der Waals surface area (Å²) in [6.07, 6.45) is -30.3. The average molecular weight is 1240 g/mol. The molecule has 0 amide bonds. The minimum absolute atomic E-state index is 0.0220. The van der Waals surface area contributed by atoms with Crippen LogP contribution in [0.1, 0.15) is 107 Å². The number of hydrogen-bond acceptors (Lipinski definition) is 28. The second kappa shape index (κ2) is 28.0. The van der Waals surface area contributed by atoms with Crippen molar-refractivity contribution in [2.75, 3.05) is 26.4 Å². The number of fused-ring (bicyclic) bond motifs is 5. The van der Waals surface area contributed by atoms with Crippen molar-refractivity contribution in [3.05, 3.63) is 22.8 Å². The minimum atomic E-state index is -2.15. The lowest BCUT2D eigenvalue weighted by atomic mass is 9.46. The van der Waals surface area contributed by atoms with Crippen LogP contribution in [0.15, 0.2) is 22.8 Å². The molecule has 0 aromatic carbocycles. The van der Waals surface area contributed by atoms with Gasteiger partial charge in [-0.25, -0.2) is 4.79 Å². The summed E-state index contributed by atoms with van der Waals surface area (Å²) >= 11 is 0. The third-order valence-electron chi connectivity index (χ3n) is 20.2. The molecule has 0 bridgehead atoms. The van der Waals surface area contributed by atoms with Gasteiger partial charge in [0, 0.05) is 44.6 Å². The monoisotopic (exact) mass is 1230 g/mol. The van der Waals surface area contributed by atoms with E-state index in [1.54, 1.807) is 6.92 Å². The molecule has 4 aliphatic carbocycles. The number of hydrogen-bond donors (Lipinski definition) is 13. The number of esters is 4. The van der Waals surface area contributed by atoms with Crippen molar-refractivity contribution < 1.29 is 138 Å². The number of rotatable bonds is 19. The van der Waals surface area contributed by atoms with E-state index in [1.807, 2.05) is 6.92 Å². The summed E-state index contributed by atoms with van der Waals surface area (Å²) in [5, 5.41) is 140. The molecule has 3 saturated carbocycles. The predicted octanol–water partition coefficient (Wildman–Crippen LogP) is -2.85. The van der Waals surface area contributed by atoms with Gasteiger partial charge in [0.25, 0.3) is 0 Å². The molecular formula is C58H90O28. The summed E-state index contributed by atoms with van der Waals surface area (Å²) in [7, 11) is 0. The zero-order valence-corrected chi connectivity index (χ0v) is 49.7. The maximum absolute atomic E-state index is 14.3. The quantitative estimate of drug-likeness (QED) is 0.0268. The lowest BCUT2D eigenvalue weighted by molar-refractivity contribution is -0.381. The molecule has 4 heterocycles. The van der Waals surface area contributed by atoms with E-state index in [0.717, 1.165) is 51.5 Å². The van der Waals surface area contributed by atoms with Crippen LogP contribution in [0.25, 0.3) is 0 Å². The maximum atomic E-state index is 14.3. The fraction of sp³-hybridized carbons (Fsp3) is 0.862. The summed E-state index contributed by atoms with van der Waals surface area (Å²) < 4.78 is 62.9. The van der Waals surface area contributed by atoms with Crippen LogP contribution in [0, 0.1) is 40.4 Å². The number of aliphatic hydroxyl groups excluding tert-OH is 13. The predicted molar refractivity (Wildman–Crippen MR) is 287 cm³/mol. The molecule has 4 saturated heterocycles. The van der Waals surface area contributed by atoms with Gasteiger partial charge in [-0.2, -0.15) is 0 Å². The van der Waals surface area contributed by atoms with Crippen molar-refractivity contribution >= 4 is 23.9 Å². The molecule has 0 aromatic heterocycles. The van der Waals surface area contributed by atoms with Crippen molar-refractivity contribution in [1.82, 2.24) is 0 Å². The van der Waals surface area contributed by atoms with E-state index >= 15 is 0 Å². The molecule has 86 heavy (non-hydrogen) atoms. The van der Waals surface area contributed by atoms with E-state index in [0.29, 0.717) is 12.0 Å². The molecule has 30 unspecified atom stereocenters. The second-order valence-corrected chi connectivity index (χ2v) is 25.3. The number of carbonyl (C=O) groups is 4. The Hall–Kier alpha value is -3.44. The number of ether oxygens (including phenoxy) is 11. The maximum Gasteiger partial charge on any atom is 0.336 e. The summed E-state index contributed by atoms with van der Waals surface area (Å²) in [5.74, 6) is -2.81. The highest BCUT2D eigenvalue weighted by molar-refractivity contribution is 5.88. The molecule has 0 aromatic rings. The van der Waals surface area contributed by atoms with E-state index < -0.39 is 197 Å². The van der Waals surface area contributed by atoms with Crippen LogP contribution in [0.4, 0.5) is 0 Å². The van der Waals surface area contributed by atoms with Crippen molar-refractivity contribution in [3.63, 3.8) is 0 Å². The Kier molecular flexibility index (Phi) is 22.3. The van der Waals surface area contributed by atoms with Gasteiger partial charge in [0.1, 0.15) is 111 Å². The molecule has 490 valence electrons. The highest BCUT2D eigenvalue weighted by atomic mass is 16.8. The van der Waals surface area contributed by atoms with Crippen LogP contribution in [-0.4, -0.2) is 258 Å². The number of aliphatic hydroxyl groups is 13. The summed E-state index contributed by atoms with van der Waals surface area (Å²) in [6, 6.07) is 0. The first-order chi connectivity index (χ1) is 40.5. The zero-order valence-electron chi connectivity index (χ0n) is 49.7. The van der Waals surface area contributed by atoms with E-state index in [4.69, 9.17) is 52.1 Å². The SMILES string of the molecule is CC(=O)OCC1OC(OC(=O)/C(C)=C(/C)CC(OC(C)=O)C(C)C2CCC3C4CC=C5CC(OC6OC(CO)C(O)C(O)C6O)CC(O)C5(C)C4CCC23C)C(OC2OC(COC(C)=O)C(OC3OC(CO)C(O)C(O)C3O)C(O)C2O)C(O)C1O. The average Bonchev–Trinajstić information content (AvgIpc) is 1.30. The third-order valence-corrected chi connectivity index (χ3v) is 20.2. The Labute approximate surface area is 497 Å².